The van der Waals surface area contributed by atoms with Gasteiger partial charge in [-0.3, -0.25) is 0 Å². The van der Waals surface area contributed by atoms with Crippen LogP contribution in [0.15, 0.2) is 0 Å². The molecule has 118 valence electrons. The summed E-state index contributed by atoms with van der Waals surface area (Å²) >= 11 is 0. The van der Waals surface area contributed by atoms with Crippen LogP contribution in [0.1, 0.15) is 51.4 Å². The lowest BCUT2D eigenvalue weighted by molar-refractivity contribution is 0.237. The van der Waals surface area contributed by atoms with Gasteiger partial charge in [-0.1, -0.05) is 19.3 Å². The smallest absolute Gasteiger partial charge is 0.150 e. The first-order valence-electron chi connectivity index (χ1n) is 8.09. The van der Waals surface area contributed by atoms with Crippen LogP contribution in [0.3, 0.4) is 0 Å². The molecule has 2 unspecified atom stereocenters. The van der Waals surface area contributed by atoms with Crippen LogP contribution in [-0.4, -0.2) is 57.0 Å². The predicted octanol–water partition coefficient (Wildman–Crippen LogP) is 1.81. The van der Waals surface area contributed by atoms with Crippen LogP contribution in [0, 0.1) is 0 Å². The van der Waals surface area contributed by atoms with Gasteiger partial charge in [-0.05, 0) is 39.2 Å². The molecular formula is C15H30N2O2S. The second kappa shape index (κ2) is 7.23. The van der Waals surface area contributed by atoms with Gasteiger partial charge in [0.25, 0.3) is 0 Å². The van der Waals surface area contributed by atoms with Crippen LogP contribution in [0.25, 0.3) is 0 Å². The molecule has 0 aromatic rings. The van der Waals surface area contributed by atoms with Crippen molar-refractivity contribution >= 4 is 9.84 Å². The number of sulfone groups is 1. The van der Waals surface area contributed by atoms with E-state index in [1.165, 1.54) is 31.9 Å². The molecule has 0 heterocycles. The van der Waals surface area contributed by atoms with Gasteiger partial charge in [-0.15, -0.1) is 0 Å². The van der Waals surface area contributed by atoms with Crippen molar-refractivity contribution in [3.63, 3.8) is 0 Å². The molecule has 2 fully saturated rings. The molecule has 1 N–H and O–H groups in total. The van der Waals surface area contributed by atoms with Crippen LogP contribution in [-0.2, 0) is 9.84 Å². The second-order valence-electron chi connectivity index (χ2n) is 6.69. The summed E-state index contributed by atoms with van der Waals surface area (Å²) in [6.45, 7) is 2.05. The highest BCUT2D eigenvalue weighted by Gasteiger charge is 2.28. The summed E-state index contributed by atoms with van der Waals surface area (Å²) in [6, 6.07) is 1.16. The summed E-state index contributed by atoms with van der Waals surface area (Å²) in [5.41, 5.74) is 0. The highest BCUT2D eigenvalue weighted by molar-refractivity contribution is 7.91. The van der Waals surface area contributed by atoms with Gasteiger partial charge in [0.2, 0.25) is 0 Å². The van der Waals surface area contributed by atoms with Gasteiger partial charge in [0, 0.05) is 31.4 Å². The molecule has 0 aliphatic heterocycles. The molecule has 2 aliphatic rings. The van der Waals surface area contributed by atoms with Crippen LogP contribution in [0.4, 0.5) is 0 Å². The summed E-state index contributed by atoms with van der Waals surface area (Å²) in [5, 5.41) is 3.45. The molecule has 4 nitrogen and oxygen atoms in total. The van der Waals surface area contributed by atoms with Crippen LogP contribution in [0.2, 0.25) is 0 Å². The maximum absolute atomic E-state index is 11.7. The average molecular weight is 302 g/mol. The Morgan fingerprint density at radius 1 is 1.10 bits per heavy atom. The molecule has 2 rings (SSSR count). The van der Waals surface area contributed by atoms with Gasteiger partial charge in [0.1, 0.15) is 9.84 Å². The Kier molecular flexibility index (Phi) is 5.87. The molecule has 2 saturated carbocycles. The van der Waals surface area contributed by atoms with Gasteiger partial charge in [-0.2, -0.15) is 0 Å². The van der Waals surface area contributed by atoms with E-state index in [4.69, 9.17) is 0 Å². The first-order valence-corrected chi connectivity index (χ1v) is 10.0. The maximum Gasteiger partial charge on any atom is 0.150 e. The SMILES string of the molecule is CN(CCNC1CCCC(S(C)(=O)=O)C1)C1CCCC1. The molecule has 0 aromatic carbocycles. The lowest BCUT2D eigenvalue weighted by Crippen LogP contribution is -2.42. The monoisotopic (exact) mass is 302 g/mol. The molecule has 2 aliphatic carbocycles. The number of nitrogens with zero attached hydrogens (tertiary/aromatic N) is 1. The third-order valence-corrected chi connectivity index (χ3v) is 6.72. The zero-order valence-electron chi connectivity index (χ0n) is 13.0. The van der Waals surface area contributed by atoms with E-state index in [1.807, 2.05) is 0 Å². The Hall–Kier alpha value is -0.130. The van der Waals surface area contributed by atoms with E-state index in [0.29, 0.717) is 6.04 Å². The molecule has 0 aromatic heterocycles. The summed E-state index contributed by atoms with van der Waals surface area (Å²) < 4.78 is 23.3. The molecule has 0 saturated heterocycles. The standard InChI is InChI=1S/C15H30N2O2S/c1-17(14-7-3-4-8-14)11-10-16-13-6-5-9-15(12-13)20(2,18)19/h13-16H,3-12H2,1-2H3. The molecule has 0 spiro atoms. The van der Waals surface area contributed by atoms with Crippen LogP contribution >= 0.6 is 0 Å². The van der Waals surface area contributed by atoms with Crippen molar-refractivity contribution in [1.29, 1.82) is 0 Å². The number of likely N-dealkylation sites (N-methyl/N-ethyl adjacent to an activating group) is 1. The van der Waals surface area contributed by atoms with Gasteiger partial charge >= 0.3 is 0 Å². The molecular weight excluding hydrogens is 272 g/mol. The Balaban J connectivity index is 1.68. The fourth-order valence-electron chi connectivity index (χ4n) is 3.69. The molecule has 0 bridgehead atoms. The van der Waals surface area contributed by atoms with Crippen LogP contribution in [0.5, 0.6) is 0 Å². The molecule has 20 heavy (non-hydrogen) atoms. The normalized spacial score (nSPS) is 29.1. The van der Waals surface area contributed by atoms with Crippen molar-refractivity contribution in [3.8, 4) is 0 Å². The second-order valence-corrected chi connectivity index (χ2v) is 9.01. The fourth-order valence-corrected chi connectivity index (χ4v) is 4.87. The molecule has 0 radical (unpaired) electrons. The summed E-state index contributed by atoms with van der Waals surface area (Å²) in [6.07, 6.45) is 10.6. The van der Waals surface area contributed by atoms with E-state index in [-0.39, 0.29) is 5.25 Å². The molecule has 2 atom stereocenters. The fraction of sp³-hybridized carbons (Fsp3) is 1.00. The largest absolute Gasteiger partial charge is 0.313 e. The van der Waals surface area contributed by atoms with E-state index in [2.05, 4.69) is 17.3 Å². The third-order valence-electron chi connectivity index (χ3n) is 5.08. The average Bonchev–Trinajstić information content (AvgIpc) is 2.92. The summed E-state index contributed by atoms with van der Waals surface area (Å²) in [5.74, 6) is 0. The van der Waals surface area contributed by atoms with Crippen LogP contribution < -0.4 is 5.32 Å². The van der Waals surface area contributed by atoms with E-state index in [9.17, 15) is 8.42 Å². The minimum absolute atomic E-state index is 0.124. The molecule has 5 heteroatoms. The lowest BCUT2D eigenvalue weighted by Gasteiger charge is -2.30. The Bertz CT molecular complexity index is 391. The van der Waals surface area contributed by atoms with Gasteiger partial charge in [-0.25, -0.2) is 8.42 Å². The maximum atomic E-state index is 11.7. The van der Waals surface area contributed by atoms with Crippen molar-refractivity contribution in [1.82, 2.24) is 10.2 Å². The summed E-state index contributed by atoms with van der Waals surface area (Å²) in [7, 11) is -0.644. The van der Waals surface area contributed by atoms with Gasteiger partial charge in [0.15, 0.2) is 0 Å². The lowest BCUT2D eigenvalue weighted by atomic mass is 9.95. The van der Waals surface area contributed by atoms with Crippen molar-refractivity contribution in [2.24, 2.45) is 0 Å². The van der Waals surface area contributed by atoms with E-state index in [0.717, 1.165) is 44.8 Å². The topological polar surface area (TPSA) is 49.4 Å². The van der Waals surface area contributed by atoms with Crippen molar-refractivity contribution < 1.29 is 8.42 Å². The van der Waals surface area contributed by atoms with E-state index < -0.39 is 9.84 Å². The van der Waals surface area contributed by atoms with E-state index >= 15 is 0 Å². The highest BCUT2D eigenvalue weighted by atomic mass is 32.2. The van der Waals surface area contributed by atoms with Crippen molar-refractivity contribution in [3.05, 3.63) is 0 Å². The van der Waals surface area contributed by atoms with Crippen molar-refractivity contribution in [2.45, 2.75) is 68.7 Å². The number of nitrogens with one attached hydrogen (secondary N) is 1. The number of rotatable bonds is 6. The number of hydrogen-bond acceptors (Lipinski definition) is 4. The van der Waals surface area contributed by atoms with Crippen molar-refractivity contribution in [2.75, 3.05) is 26.4 Å². The Morgan fingerprint density at radius 3 is 2.45 bits per heavy atom. The predicted molar refractivity (Wildman–Crippen MR) is 83.8 cm³/mol. The van der Waals surface area contributed by atoms with Gasteiger partial charge in [0.05, 0.1) is 5.25 Å². The van der Waals surface area contributed by atoms with E-state index in [1.54, 1.807) is 0 Å². The minimum Gasteiger partial charge on any atom is -0.313 e. The molecule has 0 amide bonds. The first-order chi connectivity index (χ1) is 9.47. The highest BCUT2D eigenvalue weighted by Crippen LogP contribution is 2.24. The minimum atomic E-state index is -2.86. The number of hydrogen-bond donors (Lipinski definition) is 1. The Labute approximate surface area is 124 Å². The van der Waals surface area contributed by atoms with Gasteiger partial charge < -0.3 is 10.2 Å². The zero-order valence-corrected chi connectivity index (χ0v) is 13.8. The third kappa shape index (κ3) is 4.71. The first kappa shape index (κ1) is 16.2. The summed E-state index contributed by atoms with van der Waals surface area (Å²) in [4.78, 5) is 2.47. The quantitative estimate of drug-likeness (QED) is 0.813. The Morgan fingerprint density at radius 2 is 1.80 bits per heavy atom. The zero-order chi connectivity index (χ0) is 14.6.